The highest BCUT2D eigenvalue weighted by atomic mass is 19.1. The maximum absolute atomic E-state index is 13.8. The minimum absolute atomic E-state index is 0.231. The smallest absolute Gasteiger partial charge is 0.126 e. The summed E-state index contributed by atoms with van der Waals surface area (Å²) in [6, 6.07) is 12.0. The van der Waals surface area contributed by atoms with Crippen LogP contribution in [-0.4, -0.2) is 13.6 Å². The number of hydrogen-bond donors (Lipinski definition) is 1. The van der Waals surface area contributed by atoms with Crippen LogP contribution in [0.3, 0.4) is 0 Å². The van der Waals surface area contributed by atoms with Crippen molar-refractivity contribution >= 4 is 0 Å². The first-order valence-electron chi connectivity index (χ1n) is 7.22. The van der Waals surface area contributed by atoms with Gasteiger partial charge in [0.15, 0.2) is 0 Å². The van der Waals surface area contributed by atoms with Crippen molar-refractivity contribution in [3.8, 4) is 0 Å². The van der Waals surface area contributed by atoms with Gasteiger partial charge in [-0.3, -0.25) is 0 Å². The fraction of sp³-hybridized carbons (Fsp3) is 0.333. The third-order valence-corrected chi connectivity index (χ3v) is 3.65. The van der Waals surface area contributed by atoms with Gasteiger partial charge in [-0.25, -0.2) is 8.78 Å². The van der Waals surface area contributed by atoms with Crippen molar-refractivity contribution in [3.63, 3.8) is 0 Å². The SMILES string of the molecule is CNCC(Cc1ccc(C)cc1)Cc1cc(F)ccc1F. The summed E-state index contributed by atoms with van der Waals surface area (Å²) in [5.41, 5.74) is 2.89. The fourth-order valence-electron chi connectivity index (χ4n) is 2.57. The van der Waals surface area contributed by atoms with E-state index in [2.05, 4.69) is 36.5 Å². The van der Waals surface area contributed by atoms with Crippen LogP contribution in [0.25, 0.3) is 0 Å². The molecular formula is C18H21F2N. The average molecular weight is 289 g/mol. The molecule has 0 saturated heterocycles. The first kappa shape index (κ1) is 15.6. The lowest BCUT2D eigenvalue weighted by Gasteiger charge is -2.17. The number of hydrogen-bond acceptors (Lipinski definition) is 1. The van der Waals surface area contributed by atoms with Crippen LogP contribution >= 0.6 is 0 Å². The third kappa shape index (κ3) is 4.64. The van der Waals surface area contributed by atoms with E-state index in [0.717, 1.165) is 19.0 Å². The maximum Gasteiger partial charge on any atom is 0.126 e. The summed E-state index contributed by atoms with van der Waals surface area (Å²) >= 11 is 0. The normalized spacial score (nSPS) is 12.4. The first-order valence-corrected chi connectivity index (χ1v) is 7.22. The molecule has 0 saturated carbocycles. The largest absolute Gasteiger partial charge is 0.319 e. The molecule has 2 aromatic carbocycles. The van der Waals surface area contributed by atoms with E-state index in [1.807, 2.05) is 7.05 Å². The van der Waals surface area contributed by atoms with Crippen molar-refractivity contribution in [2.75, 3.05) is 13.6 Å². The van der Waals surface area contributed by atoms with E-state index < -0.39 is 0 Å². The van der Waals surface area contributed by atoms with Crippen LogP contribution in [-0.2, 0) is 12.8 Å². The van der Waals surface area contributed by atoms with Crippen molar-refractivity contribution in [2.24, 2.45) is 5.92 Å². The number of aryl methyl sites for hydroxylation is 1. The zero-order valence-corrected chi connectivity index (χ0v) is 12.5. The molecule has 0 radical (unpaired) electrons. The molecule has 112 valence electrons. The molecule has 1 unspecified atom stereocenters. The Bertz CT molecular complexity index is 578. The lowest BCUT2D eigenvalue weighted by Crippen LogP contribution is -2.23. The van der Waals surface area contributed by atoms with Gasteiger partial charge in [-0.1, -0.05) is 29.8 Å². The van der Waals surface area contributed by atoms with Gasteiger partial charge >= 0.3 is 0 Å². The van der Waals surface area contributed by atoms with Gasteiger partial charge in [-0.05, 0) is 68.6 Å². The Morgan fingerprint density at radius 3 is 2.38 bits per heavy atom. The summed E-state index contributed by atoms with van der Waals surface area (Å²) in [7, 11) is 1.88. The molecular weight excluding hydrogens is 268 g/mol. The van der Waals surface area contributed by atoms with E-state index in [9.17, 15) is 8.78 Å². The highest BCUT2D eigenvalue weighted by molar-refractivity contribution is 5.23. The minimum atomic E-state index is -0.384. The fourth-order valence-corrected chi connectivity index (χ4v) is 2.57. The van der Waals surface area contributed by atoms with Crippen LogP contribution in [0.2, 0.25) is 0 Å². The standard InChI is InChI=1S/C18H21F2N/c1-13-3-5-14(6-4-13)9-15(12-21-2)10-16-11-17(19)7-8-18(16)20/h3-8,11,15,21H,9-10,12H2,1-2H3. The van der Waals surface area contributed by atoms with E-state index in [-0.39, 0.29) is 17.6 Å². The predicted octanol–water partition coefficient (Wildman–Crippen LogP) is 3.89. The van der Waals surface area contributed by atoms with E-state index in [1.165, 1.54) is 23.3 Å². The van der Waals surface area contributed by atoms with Gasteiger partial charge in [-0.2, -0.15) is 0 Å². The summed E-state index contributed by atoms with van der Waals surface area (Å²) < 4.78 is 27.0. The van der Waals surface area contributed by atoms with Crippen LogP contribution in [0.5, 0.6) is 0 Å². The Hall–Kier alpha value is -1.74. The van der Waals surface area contributed by atoms with Gasteiger partial charge in [0.1, 0.15) is 11.6 Å². The Balaban J connectivity index is 2.11. The Kier molecular flexibility index (Phi) is 5.45. The molecule has 1 atom stereocenters. The van der Waals surface area contributed by atoms with Crippen LogP contribution in [0.1, 0.15) is 16.7 Å². The molecule has 0 aliphatic heterocycles. The zero-order valence-electron chi connectivity index (χ0n) is 12.5. The first-order chi connectivity index (χ1) is 10.1. The average Bonchev–Trinajstić information content (AvgIpc) is 2.45. The molecule has 2 aromatic rings. The molecule has 1 nitrogen and oxygen atoms in total. The molecule has 21 heavy (non-hydrogen) atoms. The lowest BCUT2D eigenvalue weighted by molar-refractivity contribution is 0.477. The molecule has 2 rings (SSSR count). The molecule has 1 N–H and O–H groups in total. The van der Waals surface area contributed by atoms with Crippen molar-refractivity contribution in [2.45, 2.75) is 19.8 Å². The number of halogens is 2. The zero-order chi connectivity index (χ0) is 15.2. The van der Waals surface area contributed by atoms with E-state index in [0.29, 0.717) is 12.0 Å². The molecule has 0 amide bonds. The van der Waals surface area contributed by atoms with E-state index in [4.69, 9.17) is 0 Å². The van der Waals surface area contributed by atoms with Gasteiger partial charge in [0.25, 0.3) is 0 Å². The maximum atomic E-state index is 13.8. The van der Waals surface area contributed by atoms with Crippen molar-refractivity contribution < 1.29 is 8.78 Å². The van der Waals surface area contributed by atoms with Crippen molar-refractivity contribution in [3.05, 3.63) is 70.8 Å². The molecule has 0 bridgehead atoms. The van der Waals surface area contributed by atoms with E-state index in [1.54, 1.807) is 0 Å². The minimum Gasteiger partial charge on any atom is -0.319 e. The molecule has 0 aromatic heterocycles. The van der Waals surface area contributed by atoms with Crippen LogP contribution in [0.15, 0.2) is 42.5 Å². The molecule has 0 aliphatic carbocycles. The highest BCUT2D eigenvalue weighted by Crippen LogP contribution is 2.18. The Labute approximate surface area is 125 Å². The van der Waals surface area contributed by atoms with Crippen molar-refractivity contribution in [1.29, 1.82) is 0 Å². The van der Waals surface area contributed by atoms with Crippen LogP contribution < -0.4 is 5.32 Å². The predicted molar refractivity (Wildman–Crippen MR) is 82.4 cm³/mol. The second-order valence-electron chi connectivity index (χ2n) is 5.55. The highest BCUT2D eigenvalue weighted by Gasteiger charge is 2.13. The Morgan fingerprint density at radius 2 is 1.71 bits per heavy atom. The summed E-state index contributed by atoms with van der Waals surface area (Å²) in [5.74, 6) is -0.486. The van der Waals surface area contributed by atoms with Gasteiger partial charge in [0.05, 0.1) is 0 Å². The van der Waals surface area contributed by atoms with Crippen LogP contribution in [0.4, 0.5) is 8.78 Å². The number of rotatable bonds is 6. The number of nitrogens with one attached hydrogen (secondary N) is 1. The summed E-state index contributed by atoms with van der Waals surface area (Å²) in [6.07, 6.45) is 1.37. The Morgan fingerprint density at radius 1 is 1.00 bits per heavy atom. The van der Waals surface area contributed by atoms with Gasteiger partial charge < -0.3 is 5.32 Å². The molecule has 0 fully saturated rings. The quantitative estimate of drug-likeness (QED) is 0.850. The van der Waals surface area contributed by atoms with Crippen molar-refractivity contribution in [1.82, 2.24) is 5.32 Å². The summed E-state index contributed by atoms with van der Waals surface area (Å²) in [4.78, 5) is 0. The van der Waals surface area contributed by atoms with Gasteiger partial charge in [0, 0.05) is 0 Å². The second-order valence-corrected chi connectivity index (χ2v) is 5.55. The van der Waals surface area contributed by atoms with Crippen LogP contribution in [0, 0.1) is 24.5 Å². The molecule has 0 heterocycles. The lowest BCUT2D eigenvalue weighted by atomic mass is 9.92. The van der Waals surface area contributed by atoms with Gasteiger partial charge in [0.2, 0.25) is 0 Å². The molecule has 0 aliphatic rings. The summed E-state index contributed by atoms with van der Waals surface area (Å²) in [6.45, 7) is 2.82. The summed E-state index contributed by atoms with van der Waals surface area (Å²) in [5, 5.41) is 3.14. The number of benzene rings is 2. The monoisotopic (exact) mass is 289 g/mol. The van der Waals surface area contributed by atoms with Gasteiger partial charge in [-0.15, -0.1) is 0 Å². The molecule has 0 spiro atoms. The topological polar surface area (TPSA) is 12.0 Å². The second kappa shape index (κ2) is 7.32. The molecule has 3 heteroatoms. The third-order valence-electron chi connectivity index (χ3n) is 3.65. The van der Waals surface area contributed by atoms with E-state index >= 15 is 0 Å².